The van der Waals surface area contributed by atoms with E-state index in [0.29, 0.717) is 5.92 Å². The second kappa shape index (κ2) is 5.37. The number of aryl methyl sites for hydroxylation is 2. The van der Waals surface area contributed by atoms with Crippen molar-refractivity contribution in [1.82, 2.24) is 19.2 Å². The van der Waals surface area contributed by atoms with Crippen molar-refractivity contribution in [2.75, 3.05) is 13.1 Å². The Labute approximate surface area is 126 Å². The fourth-order valence-electron chi connectivity index (χ4n) is 3.72. The van der Waals surface area contributed by atoms with Gasteiger partial charge in [-0.2, -0.15) is 4.31 Å². The number of hydrogen-bond acceptors (Lipinski definition) is 4. The number of imidazole rings is 1. The van der Waals surface area contributed by atoms with Gasteiger partial charge < -0.3 is 9.88 Å². The molecule has 1 aromatic heterocycles. The molecule has 3 heterocycles. The van der Waals surface area contributed by atoms with E-state index < -0.39 is 10.0 Å². The molecule has 2 aliphatic rings. The molecule has 6 nitrogen and oxygen atoms in total. The molecule has 7 heteroatoms. The molecule has 0 amide bonds. The lowest BCUT2D eigenvalue weighted by molar-refractivity contribution is 0.334. The first-order valence-corrected chi connectivity index (χ1v) is 9.17. The Morgan fingerprint density at radius 3 is 2.90 bits per heavy atom. The van der Waals surface area contributed by atoms with Crippen LogP contribution in [-0.4, -0.2) is 47.4 Å². The van der Waals surface area contributed by atoms with E-state index in [9.17, 15) is 8.42 Å². The average molecular weight is 312 g/mol. The lowest BCUT2D eigenvalue weighted by Gasteiger charge is -2.25. The highest BCUT2D eigenvalue weighted by Gasteiger charge is 2.48. The van der Waals surface area contributed by atoms with Crippen LogP contribution >= 0.6 is 0 Å². The van der Waals surface area contributed by atoms with Crippen molar-refractivity contribution in [3.05, 3.63) is 12.0 Å². The van der Waals surface area contributed by atoms with Crippen LogP contribution in [0.25, 0.3) is 0 Å². The van der Waals surface area contributed by atoms with Crippen molar-refractivity contribution in [3.8, 4) is 0 Å². The minimum Gasteiger partial charge on any atom is -0.334 e. The number of rotatable bonds is 4. The van der Waals surface area contributed by atoms with Gasteiger partial charge in [-0.25, -0.2) is 13.4 Å². The van der Waals surface area contributed by atoms with Crippen molar-refractivity contribution in [2.24, 2.45) is 5.92 Å². The maximum absolute atomic E-state index is 13.0. The van der Waals surface area contributed by atoms with Gasteiger partial charge in [-0.05, 0) is 39.2 Å². The topological polar surface area (TPSA) is 67.2 Å². The summed E-state index contributed by atoms with van der Waals surface area (Å²) in [6.07, 6.45) is 3.59. The van der Waals surface area contributed by atoms with E-state index in [4.69, 9.17) is 0 Å². The second-order valence-electron chi connectivity index (χ2n) is 6.23. The molecule has 3 rings (SSSR count). The second-order valence-corrected chi connectivity index (χ2v) is 8.02. The molecule has 118 valence electrons. The molecular formula is C14H24N4O2S. The summed E-state index contributed by atoms with van der Waals surface area (Å²) < 4.78 is 29.6. The molecular weight excluding hydrogens is 288 g/mol. The summed E-state index contributed by atoms with van der Waals surface area (Å²) in [5.41, 5.74) is 0. The molecule has 3 unspecified atom stereocenters. The van der Waals surface area contributed by atoms with Crippen LogP contribution in [-0.2, 0) is 16.6 Å². The zero-order valence-electron chi connectivity index (χ0n) is 12.9. The molecule has 0 aromatic carbocycles. The Morgan fingerprint density at radius 2 is 2.19 bits per heavy atom. The van der Waals surface area contributed by atoms with Gasteiger partial charge in [0.15, 0.2) is 5.03 Å². The van der Waals surface area contributed by atoms with E-state index in [2.05, 4.69) is 17.2 Å². The Bertz CT molecular complexity index is 625. The Morgan fingerprint density at radius 1 is 1.43 bits per heavy atom. The van der Waals surface area contributed by atoms with Crippen LogP contribution in [0.2, 0.25) is 0 Å². The van der Waals surface area contributed by atoms with E-state index in [0.717, 1.165) is 38.3 Å². The summed E-state index contributed by atoms with van der Waals surface area (Å²) >= 11 is 0. The van der Waals surface area contributed by atoms with Crippen molar-refractivity contribution in [3.63, 3.8) is 0 Å². The van der Waals surface area contributed by atoms with Gasteiger partial charge in [0.2, 0.25) is 0 Å². The minimum atomic E-state index is -3.50. The van der Waals surface area contributed by atoms with Crippen LogP contribution in [0.5, 0.6) is 0 Å². The Balaban J connectivity index is 1.94. The van der Waals surface area contributed by atoms with Crippen molar-refractivity contribution >= 4 is 10.0 Å². The first-order valence-electron chi connectivity index (χ1n) is 7.73. The van der Waals surface area contributed by atoms with Gasteiger partial charge in [0.1, 0.15) is 5.82 Å². The summed E-state index contributed by atoms with van der Waals surface area (Å²) in [6.45, 7) is 8.42. The number of hydrogen-bond donors (Lipinski definition) is 1. The third-order valence-electron chi connectivity index (χ3n) is 4.67. The molecule has 1 aromatic rings. The number of sulfonamides is 1. The molecule has 1 N–H and O–H groups in total. The SMILES string of the molecule is CCCn1cc(S(=O)(=O)N2C(C)CC3CNCC32)nc1C. The molecule has 2 aliphatic heterocycles. The van der Waals surface area contributed by atoms with Gasteiger partial charge in [0, 0.05) is 31.4 Å². The smallest absolute Gasteiger partial charge is 0.262 e. The van der Waals surface area contributed by atoms with E-state index in [1.807, 2.05) is 18.4 Å². The van der Waals surface area contributed by atoms with Crippen LogP contribution in [0.1, 0.15) is 32.5 Å². The summed E-state index contributed by atoms with van der Waals surface area (Å²) in [6, 6.07) is 0.144. The van der Waals surface area contributed by atoms with Gasteiger partial charge in [0.05, 0.1) is 0 Å². The van der Waals surface area contributed by atoms with Crippen molar-refractivity contribution in [2.45, 2.75) is 57.3 Å². The van der Waals surface area contributed by atoms with E-state index >= 15 is 0 Å². The van der Waals surface area contributed by atoms with Crippen molar-refractivity contribution < 1.29 is 8.42 Å². The molecule has 0 spiro atoms. The molecule has 0 saturated carbocycles. The minimum absolute atomic E-state index is 0.0590. The first-order chi connectivity index (χ1) is 9.95. The third-order valence-corrected chi connectivity index (χ3v) is 6.58. The number of nitrogens with zero attached hydrogens (tertiary/aromatic N) is 3. The fourth-order valence-corrected chi connectivity index (χ4v) is 5.61. The monoisotopic (exact) mass is 312 g/mol. The van der Waals surface area contributed by atoms with E-state index in [1.54, 1.807) is 10.5 Å². The predicted octanol–water partition coefficient (Wildman–Crippen LogP) is 0.972. The Hall–Kier alpha value is -0.920. The highest BCUT2D eigenvalue weighted by Crippen LogP contribution is 2.36. The van der Waals surface area contributed by atoms with Crippen LogP contribution < -0.4 is 5.32 Å². The van der Waals surface area contributed by atoms with Gasteiger partial charge in [-0.1, -0.05) is 6.92 Å². The third kappa shape index (κ3) is 2.41. The maximum Gasteiger partial charge on any atom is 0.262 e. The van der Waals surface area contributed by atoms with Gasteiger partial charge in [-0.15, -0.1) is 0 Å². The van der Waals surface area contributed by atoms with Crippen molar-refractivity contribution in [1.29, 1.82) is 0 Å². The van der Waals surface area contributed by atoms with E-state index in [1.165, 1.54) is 0 Å². The molecule has 0 radical (unpaired) electrons. The van der Waals surface area contributed by atoms with Gasteiger partial charge in [-0.3, -0.25) is 0 Å². The summed E-state index contributed by atoms with van der Waals surface area (Å²) in [5.74, 6) is 1.21. The molecule has 0 bridgehead atoms. The fraction of sp³-hybridized carbons (Fsp3) is 0.786. The van der Waals surface area contributed by atoms with Crippen LogP contribution in [0, 0.1) is 12.8 Å². The molecule has 21 heavy (non-hydrogen) atoms. The highest BCUT2D eigenvalue weighted by atomic mass is 32.2. The zero-order valence-corrected chi connectivity index (χ0v) is 13.7. The summed E-state index contributed by atoms with van der Waals surface area (Å²) in [7, 11) is -3.50. The summed E-state index contributed by atoms with van der Waals surface area (Å²) in [4.78, 5) is 4.31. The maximum atomic E-state index is 13.0. The molecule has 3 atom stereocenters. The Kier molecular flexibility index (Phi) is 3.83. The van der Waals surface area contributed by atoms with Crippen LogP contribution in [0.4, 0.5) is 0 Å². The van der Waals surface area contributed by atoms with Crippen LogP contribution in [0.15, 0.2) is 11.2 Å². The molecule has 0 aliphatic carbocycles. The van der Waals surface area contributed by atoms with Gasteiger partial charge >= 0.3 is 0 Å². The normalized spacial score (nSPS) is 30.0. The summed E-state index contributed by atoms with van der Waals surface area (Å²) in [5, 5.41) is 3.51. The van der Waals surface area contributed by atoms with E-state index in [-0.39, 0.29) is 17.1 Å². The highest BCUT2D eigenvalue weighted by molar-refractivity contribution is 7.89. The predicted molar refractivity (Wildman–Crippen MR) is 80.5 cm³/mol. The molecule has 2 saturated heterocycles. The standard InChI is InChI=1S/C14H24N4O2S/c1-4-5-17-9-14(16-11(17)3)21(19,20)18-10(2)6-12-7-15-8-13(12)18/h9-10,12-13,15H,4-8H2,1-3H3. The largest absolute Gasteiger partial charge is 0.334 e. The average Bonchev–Trinajstić information content (AvgIpc) is 3.05. The lowest BCUT2D eigenvalue weighted by Crippen LogP contribution is -2.42. The van der Waals surface area contributed by atoms with Crippen LogP contribution in [0.3, 0.4) is 0 Å². The molecule has 2 fully saturated rings. The number of aromatic nitrogens is 2. The first kappa shape index (κ1) is 15.0. The number of fused-ring (bicyclic) bond motifs is 1. The van der Waals surface area contributed by atoms with Gasteiger partial charge in [0.25, 0.3) is 10.0 Å². The zero-order chi connectivity index (χ0) is 15.2. The quantitative estimate of drug-likeness (QED) is 0.900. The number of nitrogens with one attached hydrogen (secondary N) is 1. The lowest BCUT2D eigenvalue weighted by atomic mass is 10.0.